The number of thioether (sulfide) groups is 1. The summed E-state index contributed by atoms with van der Waals surface area (Å²) in [6, 6.07) is 6.79. The maximum Gasteiger partial charge on any atom is 0.00690 e. The number of fused-ring (bicyclic) bond motifs is 1. The maximum absolute atomic E-state index is 3.96. The fraction of sp³-hybridized carbons (Fsp3) is 0.368. The molecule has 0 saturated heterocycles. The topological polar surface area (TPSA) is 0 Å². The van der Waals surface area contributed by atoms with Gasteiger partial charge in [0, 0.05) is 4.91 Å². The summed E-state index contributed by atoms with van der Waals surface area (Å²) in [5, 5.41) is 0. The van der Waals surface area contributed by atoms with Crippen LogP contribution in [-0.4, -0.2) is 5.75 Å². The van der Waals surface area contributed by atoms with Crippen molar-refractivity contribution in [2.24, 2.45) is 0 Å². The number of allylic oxidation sites excluding steroid dienone is 4. The van der Waals surface area contributed by atoms with E-state index in [9.17, 15) is 0 Å². The van der Waals surface area contributed by atoms with Gasteiger partial charge < -0.3 is 0 Å². The molecular formula is C19H24S. The first-order valence-electron chi connectivity index (χ1n) is 7.42. The molecule has 0 bridgehead atoms. The number of hydrogen-bond acceptors (Lipinski definition) is 1. The van der Waals surface area contributed by atoms with Gasteiger partial charge in [0.1, 0.15) is 0 Å². The molecule has 1 aliphatic rings. The van der Waals surface area contributed by atoms with Crippen molar-refractivity contribution in [2.45, 2.75) is 40.0 Å². The third-order valence-electron chi connectivity index (χ3n) is 3.81. The summed E-state index contributed by atoms with van der Waals surface area (Å²) >= 11 is 1.93. The van der Waals surface area contributed by atoms with Crippen LogP contribution in [0.2, 0.25) is 0 Å². The molecule has 1 heteroatoms. The van der Waals surface area contributed by atoms with Crippen LogP contribution in [0.15, 0.2) is 47.4 Å². The minimum atomic E-state index is 1.06. The van der Waals surface area contributed by atoms with Crippen molar-refractivity contribution >= 4 is 17.3 Å². The largest absolute Gasteiger partial charge is 0.126 e. The Balaban J connectivity index is 2.18. The summed E-state index contributed by atoms with van der Waals surface area (Å²) < 4.78 is 0. The van der Waals surface area contributed by atoms with Gasteiger partial charge in [0.25, 0.3) is 0 Å². The highest BCUT2D eigenvalue weighted by atomic mass is 32.2. The number of unbranched alkanes of at least 4 members (excludes halogenated alkanes) is 1. The van der Waals surface area contributed by atoms with Crippen molar-refractivity contribution in [3.8, 4) is 0 Å². The van der Waals surface area contributed by atoms with Crippen molar-refractivity contribution in [1.82, 2.24) is 0 Å². The van der Waals surface area contributed by atoms with Crippen LogP contribution in [0.1, 0.15) is 43.4 Å². The van der Waals surface area contributed by atoms with E-state index < -0.39 is 0 Å². The Hall–Kier alpha value is -1.21. The fourth-order valence-corrected chi connectivity index (χ4v) is 3.58. The minimum absolute atomic E-state index is 1.06. The number of rotatable bonds is 6. The molecule has 0 atom stereocenters. The van der Waals surface area contributed by atoms with Crippen LogP contribution >= 0.6 is 11.8 Å². The first-order valence-corrected chi connectivity index (χ1v) is 8.40. The highest BCUT2D eigenvalue weighted by molar-refractivity contribution is 8.03. The highest BCUT2D eigenvalue weighted by Gasteiger charge is 2.17. The molecule has 0 saturated carbocycles. The fourth-order valence-electron chi connectivity index (χ4n) is 2.57. The predicted molar refractivity (Wildman–Crippen MR) is 93.1 cm³/mol. The molecule has 0 unspecified atom stereocenters. The molecule has 0 fully saturated rings. The van der Waals surface area contributed by atoms with Gasteiger partial charge in [-0.25, -0.2) is 0 Å². The molecule has 0 nitrogen and oxygen atoms in total. The monoisotopic (exact) mass is 284 g/mol. The van der Waals surface area contributed by atoms with Gasteiger partial charge in [-0.1, -0.05) is 49.8 Å². The normalized spacial score (nSPS) is 14.7. The predicted octanol–water partition coefficient (Wildman–Crippen LogP) is 5.93. The van der Waals surface area contributed by atoms with E-state index >= 15 is 0 Å². The van der Waals surface area contributed by atoms with Gasteiger partial charge in [-0.2, -0.15) is 0 Å². The summed E-state index contributed by atoms with van der Waals surface area (Å²) in [6.07, 6.45) is 7.92. The lowest BCUT2D eigenvalue weighted by Crippen LogP contribution is -1.85. The van der Waals surface area contributed by atoms with Crippen LogP contribution < -0.4 is 0 Å². The Morgan fingerprint density at radius 1 is 1.35 bits per heavy atom. The molecule has 1 aromatic rings. The van der Waals surface area contributed by atoms with E-state index in [-0.39, 0.29) is 0 Å². The Morgan fingerprint density at radius 3 is 2.85 bits per heavy atom. The summed E-state index contributed by atoms with van der Waals surface area (Å²) in [6.45, 7) is 10.6. The zero-order valence-electron chi connectivity index (χ0n) is 12.8. The highest BCUT2D eigenvalue weighted by Crippen LogP contribution is 2.35. The standard InChI is InChI=1S/C19H24S/c1-5-7-10-20-18(6-2)13-16-12-17-11-14(3)8-9-19(17)15(16)4/h6,8-9,11,13H,2,5,7,10,12H2,1,3-4H3/b18-13+. The van der Waals surface area contributed by atoms with Gasteiger partial charge in [-0.15, -0.1) is 11.8 Å². The molecule has 0 amide bonds. The molecule has 0 spiro atoms. The van der Waals surface area contributed by atoms with Crippen LogP contribution in [0.3, 0.4) is 0 Å². The zero-order valence-corrected chi connectivity index (χ0v) is 13.6. The van der Waals surface area contributed by atoms with Crippen molar-refractivity contribution in [2.75, 3.05) is 5.75 Å². The Morgan fingerprint density at radius 2 is 2.15 bits per heavy atom. The van der Waals surface area contributed by atoms with Crippen molar-refractivity contribution in [3.63, 3.8) is 0 Å². The lowest BCUT2D eigenvalue weighted by molar-refractivity contribution is 0.897. The second kappa shape index (κ2) is 6.99. The van der Waals surface area contributed by atoms with Gasteiger partial charge in [0.15, 0.2) is 0 Å². The first kappa shape index (κ1) is 15.2. The van der Waals surface area contributed by atoms with E-state index in [2.05, 4.69) is 51.6 Å². The Bertz CT molecular complexity index is 561. The number of aryl methyl sites for hydroxylation is 1. The lowest BCUT2D eigenvalue weighted by Gasteiger charge is -2.03. The van der Waals surface area contributed by atoms with Gasteiger partial charge in [0.05, 0.1) is 0 Å². The van der Waals surface area contributed by atoms with Crippen LogP contribution in [0, 0.1) is 6.92 Å². The summed E-state index contributed by atoms with van der Waals surface area (Å²) in [5.74, 6) is 1.19. The SMILES string of the molecule is C=C/C(=C\C1=C(C)c2ccc(C)cc2C1)SCCCC. The van der Waals surface area contributed by atoms with E-state index in [1.165, 1.54) is 51.3 Å². The van der Waals surface area contributed by atoms with E-state index in [4.69, 9.17) is 0 Å². The Labute approximate surface area is 127 Å². The van der Waals surface area contributed by atoms with Gasteiger partial charge in [-0.3, -0.25) is 0 Å². The minimum Gasteiger partial charge on any atom is -0.126 e. The Kier molecular flexibility index (Phi) is 5.31. The van der Waals surface area contributed by atoms with Crippen LogP contribution in [-0.2, 0) is 6.42 Å². The van der Waals surface area contributed by atoms with Gasteiger partial charge >= 0.3 is 0 Å². The third-order valence-corrected chi connectivity index (χ3v) is 4.92. The van der Waals surface area contributed by atoms with E-state index in [1.807, 2.05) is 17.8 Å². The lowest BCUT2D eigenvalue weighted by atomic mass is 10.0. The molecule has 106 valence electrons. The molecule has 0 N–H and O–H groups in total. The second-order valence-corrected chi connectivity index (χ2v) is 6.61. The summed E-state index contributed by atoms with van der Waals surface area (Å²) in [7, 11) is 0. The smallest absolute Gasteiger partial charge is 0.00690 e. The first-order chi connectivity index (χ1) is 9.65. The maximum atomic E-state index is 3.96. The molecule has 0 radical (unpaired) electrons. The van der Waals surface area contributed by atoms with E-state index in [0.717, 1.165) is 6.42 Å². The van der Waals surface area contributed by atoms with Gasteiger partial charge in [-0.05, 0) is 60.8 Å². The number of benzene rings is 1. The summed E-state index contributed by atoms with van der Waals surface area (Å²) in [5.41, 5.74) is 7.11. The molecule has 1 aliphatic carbocycles. The number of hydrogen-bond donors (Lipinski definition) is 0. The van der Waals surface area contributed by atoms with E-state index in [0.29, 0.717) is 0 Å². The summed E-state index contributed by atoms with van der Waals surface area (Å²) in [4.78, 5) is 1.30. The molecule has 0 aromatic heterocycles. The van der Waals surface area contributed by atoms with Crippen molar-refractivity contribution in [3.05, 3.63) is 64.1 Å². The zero-order chi connectivity index (χ0) is 14.5. The average molecular weight is 284 g/mol. The molecule has 2 rings (SSSR count). The molecule has 1 aromatic carbocycles. The molecule has 0 heterocycles. The van der Waals surface area contributed by atoms with Crippen molar-refractivity contribution in [1.29, 1.82) is 0 Å². The molecular weight excluding hydrogens is 260 g/mol. The van der Waals surface area contributed by atoms with E-state index in [1.54, 1.807) is 0 Å². The molecule has 20 heavy (non-hydrogen) atoms. The second-order valence-electron chi connectivity index (χ2n) is 5.44. The average Bonchev–Trinajstić information content (AvgIpc) is 2.73. The van der Waals surface area contributed by atoms with Crippen LogP contribution in [0.4, 0.5) is 0 Å². The van der Waals surface area contributed by atoms with Crippen LogP contribution in [0.25, 0.3) is 5.57 Å². The van der Waals surface area contributed by atoms with Gasteiger partial charge in [0.2, 0.25) is 0 Å². The van der Waals surface area contributed by atoms with Crippen LogP contribution in [0.5, 0.6) is 0 Å². The van der Waals surface area contributed by atoms with Crippen molar-refractivity contribution < 1.29 is 0 Å². The third kappa shape index (κ3) is 3.46. The molecule has 0 aliphatic heterocycles. The quantitative estimate of drug-likeness (QED) is 0.461.